The predicted molar refractivity (Wildman–Crippen MR) is 92.6 cm³/mol. The summed E-state index contributed by atoms with van der Waals surface area (Å²) in [4.78, 5) is 24.0. The van der Waals surface area contributed by atoms with Gasteiger partial charge in [0.15, 0.2) is 11.6 Å². The topological polar surface area (TPSA) is 59.3 Å². The average Bonchev–Trinajstić information content (AvgIpc) is 2.81. The van der Waals surface area contributed by atoms with Crippen molar-refractivity contribution in [3.05, 3.63) is 58.4 Å². The molecule has 3 rings (SSSR count). The first-order valence-electron chi connectivity index (χ1n) is 8.25. The van der Waals surface area contributed by atoms with E-state index in [4.69, 9.17) is 5.11 Å². The molecule has 126 valence electrons. The highest BCUT2D eigenvalue weighted by molar-refractivity contribution is 6.00. The van der Waals surface area contributed by atoms with Crippen LogP contribution < -0.4 is 0 Å². The van der Waals surface area contributed by atoms with Gasteiger partial charge in [-0.2, -0.15) is 0 Å². The molecule has 4 heteroatoms. The number of rotatable bonds is 4. The lowest BCUT2D eigenvalue weighted by Crippen LogP contribution is -2.28. The summed E-state index contributed by atoms with van der Waals surface area (Å²) in [7, 11) is 0. The van der Waals surface area contributed by atoms with Crippen LogP contribution in [0.25, 0.3) is 0 Å². The SMILES string of the molecule is Cc1cn(Cc2ccc(C(=O)CO)cc2)c2c1C(=O)CC(C)(C)C2. The number of benzene rings is 1. The van der Waals surface area contributed by atoms with E-state index in [2.05, 4.69) is 24.6 Å². The Hall–Kier alpha value is -2.20. The van der Waals surface area contributed by atoms with Crippen LogP contribution in [0.15, 0.2) is 30.5 Å². The van der Waals surface area contributed by atoms with Crippen LogP contribution in [-0.4, -0.2) is 27.8 Å². The zero-order chi connectivity index (χ0) is 17.5. The number of aromatic nitrogens is 1. The highest BCUT2D eigenvalue weighted by atomic mass is 16.3. The number of nitrogens with zero attached hydrogens (tertiary/aromatic N) is 1. The molecule has 0 saturated heterocycles. The summed E-state index contributed by atoms with van der Waals surface area (Å²) in [5, 5.41) is 8.92. The van der Waals surface area contributed by atoms with Crippen molar-refractivity contribution < 1.29 is 14.7 Å². The van der Waals surface area contributed by atoms with Crippen LogP contribution in [0.4, 0.5) is 0 Å². The molecule has 0 spiro atoms. The minimum atomic E-state index is -0.471. The van der Waals surface area contributed by atoms with E-state index < -0.39 is 6.61 Å². The maximum atomic E-state index is 12.5. The molecule has 0 amide bonds. The second-order valence-corrected chi connectivity index (χ2v) is 7.48. The lowest BCUT2D eigenvalue weighted by atomic mass is 9.75. The summed E-state index contributed by atoms with van der Waals surface area (Å²) >= 11 is 0. The van der Waals surface area contributed by atoms with Gasteiger partial charge in [-0.1, -0.05) is 38.1 Å². The van der Waals surface area contributed by atoms with Crippen LogP contribution in [0.2, 0.25) is 0 Å². The average molecular weight is 325 g/mol. The summed E-state index contributed by atoms with van der Waals surface area (Å²) in [5.74, 6) is -0.0375. The van der Waals surface area contributed by atoms with Crippen LogP contribution in [-0.2, 0) is 13.0 Å². The number of hydrogen-bond acceptors (Lipinski definition) is 3. The molecule has 0 fully saturated rings. The minimum absolute atomic E-state index is 0.00989. The van der Waals surface area contributed by atoms with Gasteiger partial charge >= 0.3 is 0 Å². The monoisotopic (exact) mass is 325 g/mol. The van der Waals surface area contributed by atoms with Crippen LogP contribution in [0, 0.1) is 12.3 Å². The number of ketones is 2. The Morgan fingerprint density at radius 2 is 1.88 bits per heavy atom. The Morgan fingerprint density at radius 3 is 2.50 bits per heavy atom. The quantitative estimate of drug-likeness (QED) is 0.878. The molecule has 0 bridgehead atoms. The first-order chi connectivity index (χ1) is 11.3. The van der Waals surface area contributed by atoms with Crippen LogP contribution in [0.5, 0.6) is 0 Å². The third-order valence-electron chi connectivity index (χ3n) is 4.72. The molecule has 4 nitrogen and oxygen atoms in total. The zero-order valence-electron chi connectivity index (χ0n) is 14.4. The normalized spacial score (nSPS) is 16.1. The third kappa shape index (κ3) is 3.06. The fourth-order valence-corrected chi connectivity index (χ4v) is 3.58. The molecular formula is C20H23NO3. The first-order valence-corrected chi connectivity index (χ1v) is 8.25. The Labute approximate surface area is 142 Å². The molecule has 1 aliphatic carbocycles. The Morgan fingerprint density at radius 1 is 1.21 bits per heavy atom. The molecule has 0 atom stereocenters. The van der Waals surface area contributed by atoms with Crippen LogP contribution in [0.1, 0.15) is 57.8 Å². The lowest BCUT2D eigenvalue weighted by Gasteiger charge is -2.30. The number of hydrogen-bond donors (Lipinski definition) is 1. The Kier molecular flexibility index (Phi) is 4.18. The number of Topliss-reactive ketones (excluding diaryl/α,β-unsaturated/α-hetero) is 2. The summed E-state index contributed by atoms with van der Waals surface area (Å²) in [6.45, 7) is 6.47. The smallest absolute Gasteiger partial charge is 0.188 e. The summed E-state index contributed by atoms with van der Waals surface area (Å²) in [6.07, 6.45) is 3.54. The molecule has 1 heterocycles. The van der Waals surface area contributed by atoms with Gasteiger partial charge < -0.3 is 9.67 Å². The molecule has 1 aromatic carbocycles. The minimum Gasteiger partial charge on any atom is -0.388 e. The number of aliphatic hydroxyl groups excluding tert-OH is 1. The fourth-order valence-electron chi connectivity index (χ4n) is 3.58. The van der Waals surface area contributed by atoms with E-state index in [1.807, 2.05) is 19.1 Å². The summed E-state index contributed by atoms with van der Waals surface area (Å²) < 4.78 is 2.16. The molecule has 2 aromatic rings. The van der Waals surface area contributed by atoms with E-state index in [9.17, 15) is 9.59 Å². The van der Waals surface area contributed by atoms with E-state index in [-0.39, 0.29) is 17.0 Å². The largest absolute Gasteiger partial charge is 0.388 e. The van der Waals surface area contributed by atoms with Gasteiger partial charge in [-0.25, -0.2) is 0 Å². The van der Waals surface area contributed by atoms with E-state index in [1.54, 1.807) is 12.1 Å². The van der Waals surface area contributed by atoms with Crippen molar-refractivity contribution in [2.24, 2.45) is 5.41 Å². The molecule has 0 aliphatic heterocycles. The lowest BCUT2D eigenvalue weighted by molar-refractivity contribution is 0.0898. The molecule has 1 aromatic heterocycles. The van der Waals surface area contributed by atoms with Crippen molar-refractivity contribution >= 4 is 11.6 Å². The van der Waals surface area contributed by atoms with Gasteiger partial charge in [-0.15, -0.1) is 0 Å². The number of fused-ring (bicyclic) bond motifs is 1. The second-order valence-electron chi connectivity index (χ2n) is 7.48. The van der Waals surface area contributed by atoms with Gasteiger partial charge in [-0.3, -0.25) is 9.59 Å². The van der Waals surface area contributed by atoms with E-state index in [1.165, 1.54) is 0 Å². The molecule has 1 aliphatic rings. The van der Waals surface area contributed by atoms with Crippen LogP contribution in [0.3, 0.4) is 0 Å². The van der Waals surface area contributed by atoms with E-state index >= 15 is 0 Å². The molecule has 0 radical (unpaired) electrons. The van der Waals surface area contributed by atoms with Gasteiger partial charge in [0.2, 0.25) is 0 Å². The number of aliphatic hydroxyl groups is 1. The van der Waals surface area contributed by atoms with Gasteiger partial charge in [0.25, 0.3) is 0 Å². The van der Waals surface area contributed by atoms with E-state index in [0.29, 0.717) is 18.5 Å². The standard InChI is InChI=1S/C20H23NO3/c1-13-10-21(16-8-20(2,3)9-17(23)19(13)16)11-14-4-6-15(7-5-14)18(24)12-22/h4-7,10,22H,8-9,11-12H2,1-3H3. The van der Waals surface area contributed by atoms with Gasteiger partial charge in [0, 0.05) is 36.0 Å². The predicted octanol–water partition coefficient (Wildman–Crippen LogP) is 3.17. The maximum Gasteiger partial charge on any atom is 0.188 e. The van der Waals surface area contributed by atoms with Crippen LogP contribution >= 0.6 is 0 Å². The fraction of sp³-hybridized carbons (Fsp3) is 0.400. The highest BCUT2D eigenvalue weighted by Crippen LogP contribution is 2.37. The van der Waals surface area contributed by atoms with Gasteiger partial charge in [0.05, 0.1) is 0 Å². The van der Waals surface area contributed by atoms with Crippen molar-refractivity contribution in [3.8, 4) is 0 Å². The first kappa shape index (κ1) is 16.7. The van der Waals surface area contributed by atoms with E-state index in [0.717, 1.165) is 28.8 Å². The van der Waals surface area contributed by atoms with Crippen molar-refractivity contribution in [1.82, 2.24) is 4.57 Å². The maximum absolute atomic E-state index is 12.5. The zero-order valence-corrected chi connectivity index (χ0v) is 14.4. The molecular weight excluding hydrogens is 302 g/mol. The second kappa shape index (κ2) is 6.02. The number of carbonyl (C=O) groups is 2. The van der Waals surface area contributed by atoms with Crippen molar-refractivity contribution in [2.45, 2.75) is 40.2 Å². The highest BCUT2D eigenvalue weighted by Gasteiger charge is 2.34. The summed E-state index contributed by atoms with van der Waals surface area (Å²) in [6, 6.07) is 7.29. The van der Waals surface area contributed by atoms with Gasteiger partial charge in [-0.05, 0) is 29.9 Å². The molecule has 1 N–H and O–H groups in total. The molecule has 0 unspecified atom stereocenters. The van der Waals surface area contributed by atoms with Gasteiger partial charge in [0.1, 0.15) is 6.61 Å². The molecule has 24 heavy (non-hydrogen) atoms. The third-order valence-corrected chi connectivity index (χ3v) is 4.72. The Bertz CT molecular complexity index is 797. The van der Waals surface area contributed by atoms with Crippen molar-refractivity contribution in [1.29, 1.82) is 0 Å². The number of aryl methyl sites for hydroxylation is 1. The summed E-state index contributed by atoms with van der Waals surface area (Å²) in [5.41, 5.74) is 4.62. The number of carbonyl (C=O) groups excluding carboxylic acids is 2. The van der Waals surface area contributed by atoms with Crippen molar-refractivity contribution in [2.75, 3.05) is 6.61 Å². The van der Waals surface area contributed by atoms with Crippen molar-refractivity contribution in [3.63, 3.8) is 0 Å². The molecule has 0 saturated carbocycles. The Balaban J connectivity index is 1.90.